The first kappa shape index (κ1) is 26.2. The molecule has 1 amide bonds. The lowest BCUT2D eigenvalue weighted by atomic mass is 10.1. The second kappa shape index (κ2) is 12.2. The molecule has 0 fully saturated rings. The van der Waals surface area contributed by atoms with Crippen molar-refractivity contribution in [2.75, 3.05) is 13.2 Å². The number of carbonyl (C=O) groups is 2. The molecule has 0 saturated heterocycles. The van der Waals surface area contributed by atoms with Gasteiger partial charge in [-0.05, 0) is 49.1 Å². The summed E-state index contributed by atoms with van der Waals surface area (Å²) in [6.45, 7) is 3.97. The summed E-state index contributed by atoms with van der Waals surface area (Å²) in [5.41, 5.74) is 0.503. The Labute approximate surface area is 190 Å². The fourth-order valence-corrected chi connectivity index (χ4v) is 3.17. The number of hydrogen-bond donors (Lipinski definition) is 2. The predicted octanol–water partition coefficient (Wildman–Crippen LogP) is 4.25. The van der Waals surface area contributed by atoms with E-state index in [9.17, 15) is 27.9 Å². The smallest absolute Gasteiger partial charge is 0.416 e. The summed E-state index contributed by atoms with van der Waals surface area (Å²) < 4.78 is 49.4. The lowest BCUT2D eigenvalue weighted by Gasteiger charge is -2.18. The van der Waals surface area contributed by atoms with Crippen molar-refractivity contribution >= 4 is 11.9 Å². The van der Waals surface area contributed by atoms with Crippen LogP contribution in [0.25, 0.3) is 0 Å². The van der Waals surface area contributed by atoms with Gasteiger partial charge in [-0.1, -0.05) is 37.3 Å². The number of nitrogens with one attached hydrogen (secondary N) is 1. The molecule has 0 aliphatic rings. The van der Waals surface area contributed by atoms with Crippen molar-refractivity contribution in [2.24, 2.45) is 0 Å². The highest BCUT2D eigenvalue weighted by molar-refractivity contribution is 5.81. The SMILES string of the molecule is CCO[C@@H](Cc1ccc(OC(CC)C(=O)NCCc2cccc(C(F)(F)F)c2)cc1)C(=O)O. The lowest BCUT2D eigenvalue weighted by Crippen LogP contribution is -2.38. The van der Waals surface area contributed by atoms with Crippen LogP contribution < -0.4 is 10.1 Å². The summed E-state index contributed by atoms with van der Waals surface area (Å²) in [7, 11) is 0. The van der Waals surface area contributed by atoms with Gasteiger partial charge in [0.25, 0.3) is 5.91 Å². The summed E-state index contributed by atoms with van der Waals surface area (Å²) >= 11 is 0. The predicted molar refractivity (Wildman–Crippen MR) is 116 cm³/mol. The van der Waals surface area contributed by atoms with Gasteiger partial charge in [-0.25, -0.2) is 4.79 Å². The molecule has 180 valence electrons. The molecule has 2 rings (SSSR count). The minimum absolute atomic E-state index is 0.174. The Bertz CT molecular complexity index is 915. The van der Waals surface area contributed by atoms with Gasteiger partial charge in [-0.15, -0.1) is 0 Å². The van der Waals surface area contributed by atoms with Gasteiger partial charge in [0.15, 0.2) is 12.2 Å². The van der Waals surface area contributed by atoms with Crippen LogP contribution in [-0.2, 0) is 33.3 Å². The highest BCUT2D eigenvalue weighted by atomic mass is 19.4. The average Bonchev–Trinajstić information content (AvgIpc) is 2.77. The van der Waals surface area contributed by atoms with Crippen LogP contribution in [0.1, 0.15) is 37.0 Å². The summed E-state index contributed by atoms with van der Waals surface area (Å²) in [6, 6.07) is 11.7. The zero-order valence-corrected chi connectivity index (χ0v) is 18.5. The van der Waals surface area contributed by atoms with E-state index >= 15 is 0 Å². The molecule has 2 N–H and O–H groups in total. The van der Waals surface area contributed by atoms with E-state index in [0.29, 0.717) is 24.3 Å². The molecule has 0 aliphatic carbocycles. The van der Waals surface area contributed by atoms with Crippen molar-refractivity contribution < 1.29 is 37.3 Å². The molecule has 1 unspecified atom stereocenters. The Morgan fingerprint density at radius 3 is 2.30 bits per heavy atom. The van der Waals surface area contributed by atoms with Crippen molar-refractivity contribution in [3.63, 3.8) is 0 Å². The molecule has 2 atom stereocenters. The molecule has 2 aromatic carbocycles. The van der Waals surface area contributed by atoms with E-state index in [2.05, 4.69) is 5.32 Å². The number of benzene rings is 2. The van der Waals surface area contributed by atoms with E-state index in [-0.39, 0.29) is 25.3 Å². The number of carboxylic acids is 1. The van der Waals surface area contributed by atoms with Crippen molar-refractivity contribution in [1.82, 2.24) is 5.32 Å². The number of ether oxygens (including phenoxy) is 2. The van der Waals surface area contributed by atoms with Crippen LogP contribution in [0.15, 0.2) is 48.5 Å². The molecular weight excluding hydrogens is 439 g/mol. The number of hydrogen-bond acceptors (Lipinski definition) is 4. The second-order valence-corrected chi connectivity index (χ2v) is 7.38. The summed E-state index contributed by atoms with van der Waals surface area (Å²) in [5.74, 6) is -0.956. The monoisotopic (exact) mass is 467 g/mol. The third-order valence-corrected chi connectivity index (χ3v) is 4.90. The van der Waals surface area contributed by atoms with Crippen LogP contribution in [0, 0.1) is 0 Å². The Hall–Kier alpha value is -3.07. The minimum Gasteiger partial charge on any atom is -0.481 e. The van der Waals surface area contributed by atoms with Crippen molar-refractivity contribution in [3.05, 3.63) is 65.2 Å². The van der Waals surface area contributed by atoms with Crippen LogP contribution in [0.2, 0.25) is 0 Å². The standard InChI is InChI=1S/C24H28F3NO5/c1-3-20(22(29)28-13-12-16-6-5-7-18(14-16)24(25,26)27)33-19-10-8-17(9-11-19)15-21(23(30)31)32-4-2/h5-11,14,20-21H,3-4,12-13,15H2,1-2H3,(H,28,29)(H,30,31)/t20?,21-/m0/s1. The number of rotatable bonds is 12. The van der Waals surface area contributed by atoms with Gasteiger partial charge in [-0.2, -0.15) is 13.2 Å². The van der Waals surface area contributed by atoms with Crippen LogP contribution in [-0.4, -0.2) is 42.3 Å². The molecule has 9 heteroatoms. The van der Waals surface area contributed by atoms with Crippen LogP contribution >= 0.6 is 0 Å². The molecule has 33 heavy (non-hydrogen) atoms. The number of carboxylic acid groups (broad SMARTS) is 1. The first-order chi connectivity index (χ1) is 15.6. The Balaban J connectivity index is 1.88. The Morgan fingerprint density at radius 2 is 1.73 bits per heavy atom. The van der Waals surface area contributed by atoms with E-state index in [1.165, 1.54) is 6.07 Å². The fraction of sp³-hybridized carbons (Fsp3) is 0.417. The summed E-state index contributed by atoms with van der Waals surface area (Å²) in [4.78, 5) is 23.7. The van der Waals surface area contributed by atoms with Gasteiger partial charge in [-0.3, -0.25) is 4.79 Å². The van der Waals surface area contributed by atoms with E-state index in [0.717, 1.165) is 17.7 Å². The van der Waals surface area contributed by atoms with E-state index < -0.39 is 29.9 Å². The molecule has 0 aromatic heterocycles. The zero-order chi connectivity index (χ0) is 24.4. The average molecular weight is 467 g/mol. The normalized spacial score (nSPS) is 13.2. The number of carbonyl (C=O) groups excluding carboxylic acids is 1. The molecular formula is C24H28F3NO5. The third kappa shape index (κ3) is 8.42. The van der Waals surface area contributed by atoms with Crippen LogP contribution in [0.4, 0.5) is 13.2 Å². The van der Waals surface area contributed by atoms with Gasteiger partial charge in [0.1, 0.15) is 5.75 Å². The molecule has 0 radical (unpaired) electrons. The van der Waals surface area contributed by atoms with E-state index in [4.69, 9.17) is 9.47 Å². The maximum Gasteiger partial charge on any atom is 0.416 e. The zero-order valence-electron chi connectivity index (χ0n) is 18.5. The third-order valence-electron chi connectivity index (χ3n) is 4.90. The van der Waals surface area contributed by atoms with Crippen LogP contribution in [0.3, 0.4) is 0 Å². The summed E-state index contributed by atoms with van der Waals surface area (Å²) in [5, 5.41) is 11.9. The highest BCUT2D eigenvalue weighted by Gasteiger charge is 2.30. The van der Waals surface area contributed by atoms with Crippen molar-refractivity contribution in [1.29, 1.82) is 0 Å². The molecule has 6 nitrogen and oxygen atoms in total. The topological polar surface area (TPSA) is 84.9 Å². The molecule has 0 bridgehead atoms. The number of halogens is 3. The Kier molecular flexibility index (Phi) is 9.72. The van der Waals surface area contributed by atoms with Gasteiger partial charge in [0.2, 0.25) is 0 Å². The fourth-order valence-electron chi connectivity index (χ4n) is 3.17. The van der Waals surface area contributed by atoms with Crippen LogP contribution in [0.5, 0.6) is 5.75 Å². The second-order valence-electron chi connectivity index (χ2n) is 7.38. The highest BCUT2D eigenvalue weighted by Crippen LogP contribution is 2.29. The number of alkyl halides is 3. The van der Waals surface area contributed by atoms with E-state index in [1.54, 1.807) is 44.2 Å². The first-order valence-electron chi connectivity index (χ1n) is 10.7. The summed E-state index contributed by atoms with van der Waals surface area (Å²) in [6.07, 6.45) is -5.27. The molecule has 0 heterocycles. The van der Waals surface area contributed by atoms with Gasteiger partial charge in [0.05, 0.1) is 5.56 Å². The molecule has 0 aliphatic heterocycles. The molecule has 0 spiro atoms. The number of amides is 1. The van der Waals surface area contributed by atoms with Crippen molar-refractivity contribution in [3.8, 4) is 5.75 Å². The van der Waals surface area contributed by atoms with E-state index in [1.807, 2.05) is 0 Å². The van der Waals surface area contributed by atoms with Gasteiger partial charge >= 0.3 is 12.1 Å². The van der Waals surface area contributed by atoms with Gasteiger partial charge in [0, 0.05) is 19.6 Å². The largest absolute Gasteiger partial charge is 0.481 e. The molecule has 2 aromatic rings. The molecule has 0 saturated carbocycles. The maximum atomic E-state index is 12.8. The minimum atomic E-state index is -4.41. The Morgan fingerprint density at radius 1 is 1.03 bits per heavy atom. The number of aliphatic carboxylic acids is 1. The lowest BCUT2D eigenvalue weighted by molar-refractivity contribution is -0.150. The van der Waals surface area contributed by atoms with Crippen molar-refractivity contribution in [2.45, 2.75) is 51.5 Å². The first-order valence-corrected chi connectivity index (χ1v) is 10.7. The maximum absolute atomic E-state index is 12.8. The quantitative estimate of drug-likeness (QED) is 0.488. The van der Waals surface area contributed by atoms with Gasteiger partial charge < -0.3 is 19.9 Å².